The molecule has 0 saturated carbocycles. The predicted octanol–water partition coefficient (Wildman–Crippen LogP) is 4.60. The third-order valence-corrected chi connectivity index (χ3v) is 6.95. The first-order valence-electron chi connectivity index (χ1n) is 9.82. The third-order valence-electron chi connectivity index (χ3n) is 4.80. The van der Waals surface area contributed by atoms with Crippen molar-refractivity contribution < 1.29 is 27.1 Å². The van der Waals surface area contributed by atoms with Gasteiger partial charge in [-0.25, -0.2) is 0 Å². The van der Waals surface area contributed by atoms with Crippen LogP contribution in [0.4, 0.5) is 10.5 Å². The zero-order valence-electron chi connectivity index (χ0n) is 17.4. The van der Waals surface area contributed by atoms with Gasteiger partial charge in [0.05, 0.1) is 16.4 Å². The number of hydrogen-bond donors (Lipinski definition) is 0. The quantitative estimate of drug-likeness (QED) is 0.201. The molecule has 0 bridgehead atoms. The molecule has 0 aliphatic carbocycles. The van der Waals surface area contributed by atoms with Crippen LogP contribution in [0, 0.1) is 10.1 Å². The number of nitro groups is 1. The van der Waals surface area contributed by atoms with Crippen molar-refractivity contribution in [3.05, 3.63) is 105 Å². The molecular formula is C23H16N2O7S2. The summed E-state index contributed by atoms with van der Waals surface area (Å²) in [6.45, 7) is -0.0550. The minimum atomic E-state index is -4.10. The fourth-order valence-corrected chi connectivity index (χ4v) is 4.92. The van der Waals surface area contributed by atoms with Crippen LogP contribution in [-0.4, -0.2) is 29.4 Å². The number of non-ortho nitro benzene ring substituents is 1. The van der Waals surface area contributed by atoms with Crippen LogP contribution in [0.2, 0.25) is 0 Å². The molecular weight excluding hydrogens is 480 g/mol. The molecule has 11 heteroatoms. The molecule has 0 radical (unpaired) electrons. The van der Waals surface area contributed by atoms with Gasteiger partial charge in [-0.1, -0.05) is 48.5 Å². The molecule has 9 nitrogen and oxygen atoms in total. The van der Waals surface area contributed by atoms with Crippen LogP contribution in [0.3, 0.4) is 0 Å². The van der Waals surface area contributed by atoms with Crippen LogP contribution in [0.1, 0.15) is 11.1 Å². The highest BCUT2D eigenvalue weighted by Crippen LogP contribution is 2.35. The Kier molecular flexibility index (Phi) is 6.48. The Hall–Kier alpha value is -3.96. The molecule has 0 atom stereocenters. The molecule has 1 aliphatic rings. The van der Waals surface area contributed by atoms with E-state index in [1.54, 1.807) is 36.4 Å². The number of nitrogens with zero attached hydrogens (tertiary/aromatic N) is 2. The third kappa shape index (κ3) is 5.00. The summed E-state index contributed by atoms with van der Waals surface area (Å²) in [5.41, 5.74) is 0.759. The number of thioether (sulfide) groups is 1. The molecule has 34 heavy (non-hydrogen) atoms. The van der Waals surface area contributed by atoms with Gasteiger partial charge in [0.25, 0.3) is 16.8 Å². The number of amides is 2. The fourth-order valence-electron chi connectivity index (χ4n) is 3.11. The van der Waals surface area contributed by atoms with E-state index in [1.165, 1.54) is 48.5 Å². The molecule has 1 saturated heterocycles. The van der Waals surface area contributed by atoms with Crippen LogP contribution in [0.15, 0.2) is 88.7 Å². The number of carbonyl (C=O) groups excluding carboxylic acids is 2. The highest BCUT2D eigenvalue weighted by atomic mass is 32.2. The standard InChI is InChI=1S/C23H16N2O7S2/c26-22-21(33-23(27)24(22)15-16-10-12-18(13-11-16)25(28)29)14-17-6-4-5-9-20(17)32-34(30,31)19-7-2-1-3-8-19/h1-14H,15H2/b21-14-. The maximum atomic E-state index is 12.9. The Labute approximate surface area is 198 Å². The van der Waals surface area contributed by atoms with Crippen molar-refractivity contribution in [2.24, 2.45) is 0 Å². The molecule has 3 aromatic rings. The second-order valence-electron chi connectivity index (χ2n) is 7.08. The summed E-state index contributed by atoms with van der Waals surface area (Å²) < 4.78 is 30.5. The molecule has 4 rings (SSSR count). The summed E-state index contributed by atoms with van der Waals surface area (Å²) in [6.07, 6.45) is 1.40. The number of hydrogen-bond acceptors (Lipinski definition) is 8. The van der Waals surface area contributed by atoms with Gasteiger partial charge in [0.2, 0.25) is 0 Å². The van der Waals surface area contributed by atoms with E-state index in [2.05, 4.69) is 0 Å². The highest BCUT2D eigenvalue weighted by Gasteiger charge is 2.35. The SMILES string of the molecule is O=C1S/C(=C\c2ccccc2OS(=O)(=O)c2ccccc2)C(=O)N1Cc1ccc([N+](=O)[O-])cc1. The first kappa shape index (κ1) is 23.2. The van der Waals surface area contributed by atoms with Gasteiger partial charge >= 0.3 is 10.1 Å². The van der Waals surface area contributed by atoms with Crippen molar-refractivity contribution in [2.75, 3.05) is 0 Å². The van der Waals surface area contributed by atoms with E-state index >= 15 is 0 Å². The van der Waals surface area contributed by atoms with E-state index in [9.17, 15) is 28.1 Å². The Bertz CT molecular complexity index is 1400. The lowest BCUT2D eigenvalue weighted by Gasteiger charge is -2.12. The molecule has 2 amide bonds. The number of rotatable bonds is 7. The zero-order valence-corrected chi connectivity index (χ0v) is 19.0. The molecule has 1 aliphatic heterocycles. The lowest BCUT2D eigenvalue weighted by Crippen LogP contribution is -2.27. The molecule has 0 aromatic heterocycles. The number of nitro benzene ring substituents is 1. The minimum Gasteiger partial charge on any atom is -0.378 e. The second kappa shape index (κ2) is 9.49. The zero-order chi connectivity index (χ0) is 24.3. The average Bonchev–Trinajstić information content (AvgIpc) is 3.08. The van der Waals surface area contributed by atoms with Crippen molar-refractivity contribution in [1.82, 2.24) is 4.90 Å². The first-order chi connectivity index (χ1) is 16.2. The summed E-state index contributed by atoms with van der Waals surface area (Å²) in [7, 11) is -4.10. The summed E-state index contributed by atoms with van der Waals surface area (Å²) in [6, 6.07) is 19.4. The molecule has 1 fully saturated rings. The number of benzene rings is 3. The van der Waals surface area contributed by atoms with E-state index < -0.39 is 26.2 Å². The normalized spacial score (nSPS) is 15.1. The lowest BCUT2D eigenvalue weighted by molar-refractivity contribution is -0.384. The van der Waals surface area contributed by atoms with Gasteiger partial charge in [-0.2, -0.15) is 8.42 Å². The fraction of sp³-hybridized carbons (Fsp3) is 0.0435. The monoisotopic (exact) mass is 496 g/mol. The van der Waals surface area contributed by atoms with Crippen molar-refractivity contribution in [3.8, 4) is 5.75 Å². The Morgan fingerprint density at radius 2 is 1.59 bits per heavy atom. The average molecular weight is 497 g/mol. The predicted molar refractivity (Wildman–Crippen MR) is 125 cm³/mol. The Balaban J connectivity index is 1.56. The van der Waals surface area contributed by atoms with Crippen LogP contribution < -0.4 is 4.18 Å². The van der Waals surface area contributed by atoms with Crippen LogP contribution in [-0.2, 0) is 21.5 Å². The maximum absolute atomic E-state index is 12.9. The van der Waals surface area contributed by atoms with Crippen LogP contribution in [0.25, 0.3) is 6.08 Å². The van der Waals surface area contributed by atoms with Crippen molar-refractivity contribution in [1.29, 1.82) is 0 Å². The van der Waals surface area contributed by atoms with Gasteiger partial charge in [0, 0.05) is 17.7 Å². The van der Waals surface area contributed by atoms with E-state index in [0.717, 1.165) is 4.90 Å². The minimum absolute atomic E-state index is 0.00789. The van der Waals surface area contributed by atoms with Crippen molar-refractivity contribution in [2.45, 2.75) is 11.4 Å². The molecule has 3 aromatic carbocycles. The topological polar surface area (TPSA) is 124 Å². The van der Waals surface area contributed by atoms with Crippen molar-refractivity contribution >= 4 is 44.8 Å². The summed E-state index contributed by atoms with van der Waals surface area (Å²) in [5, 5.41) is 10.3. The number of carbonyl (C=O) groups is 2. The van der Waals surface area contributed by atoms with Gasteiger partial charge in [-0.3, -0.25) is 24.6 Å². The van der Waals surface area contributed by atoms with E-state index in [0.29, 0.717) is 22.9 Å². The molecule has 0 spiro atoms. The molecule has 0 unspecified atom stereocenters. The van der Waals surface area contributed by atoms with E-state index in [1.807, 2.05) is 0 Å². The summed E-state index contributed by atoms with van der Waals surface area (Å²) in [5.74, 6) is -0.553. The number of imide groups is 1. The van der Waals surface area contributed by atoms with Gasteiger partial charge in [-0.05, 0) is 41.6 Å². The maximum Gasteiger partial charge on any atom is 0.339 e. The Morgan fingerprint density at radius 1 is 0.941 bits per heavy atom. The van der Waals surface area contributed by atoms with Gasteiger partial charge in [-0.15, -0.1) is 0 Å². The van der Waals surface area contributed by atoms with Crippen molar-refractivity contribution in [3.63, 3.8) is 0 Å². The van der Waals surface area contributed by atoms with Crippen LogP contribution >= 0.6 is 11.8 Å². The second-order valence-corrected chi connectivity index (χ2v) is 9.62. The Morgan fingerprint density at radius 3 is 2.26 bits per heavy atom. The molecule has 0 N–H and O–H groups in total. The summed E-state index contributed by atoms with van der Waals surface area (Å²) >= 11 is 0.712. The number of para-hydroxylation sites is 1. The lowest BCUT2D eigenvalue weighted by atomic mass is 10.1. The first-order valence-corrected chi connectivity index (χ1v) is 12.0. The highest BCUT2D eigenvalue weighted by molar-refractivity contribution is 8.18. The molecule has 1 heterocycles. The summed E-state index contributed by atoms with van der Waals surface area (Å²) in [4.78, 5) is 36.7. The molecule has 172 valence electrons. The van der Waals surface area contributed by atoms with Gasteiger partial charge in [0.15, 0.2) is 0 Å². The van der Waals surface area contributed by atoms with Gasteiger partial charge in [0.1, 0.15) is 10.6 Å². The largest absolute Gasteiger partial charge is 0.378 e. The van der Waals surface area contributed by atoms with E-state index in [-0.39, 0.29) is 27.8 Å². The van der Waals surface area contributed by atoms with Gasteiger partial charge < -0.3 is 4.18 Å². The van der Waals surface area contributed by atoms with Crippen LogP contribution in [0.5, 0.6) is 5.75 Å². The van der Waals surface area contributed by atoms with E-state index in [4.69, 9.17) is 4.18 Å². The smallest absolute Gasteiger partial charge is 0.339 e.